The summed E-state index contributed by atoms with van der Waals surface area (Å²) in [5.41, 5.74) is 5.84. The predicted molar refractivity (Wildman–Crippen MR) is 66.0 cm³/mol. The molecule has 1 aliphatic heterocycles. The Morgan fingerprint density at radius 3 is 2.20 bits per heavy atom. The fourth-order valence-electron chi connectivity index (χ4n) is 2.53. The van der Waals surface area contributed by atoms with Crippen molar-refractivity contribution in [1.82, 2.24) is 9.80 Å². The lowest BCUT2D eigenvalue weighted by Crippen LogP contribution is -2.46. The summed E-state index contributed by atoms with van der Waals surface area (Å²) in [6.45, 7) is 6.87. The number of hydrogen-bond donors (Lipinski definition) is 1. The minimum atomic E-state index is 0.326. The molecule has 1 rings (SSSR count). The molecule has 0 saturated carbocycles. The molecule has 0 radical (unpaired) electrons. The molecule has 0 bridgehead atoms. The normalized spacial score (nSPS) is 24.4. The van der Waals surface area contributed by atoms with Gasteiger partial charge in [-0.25, -0.2) is 0 Å². The van der Waals surface area contributed by atoms with E-state index in [2.05, 4.69) is 37.7 Å². The molecule has 0 spiro atoms. The Hall–Kier alpha value is -0.120. The summed E-state index contributed by atoms with van der Waals surface area (Å²) in [5, 5.41) is 0. The highest BCUT2D eigenvalue weighted by atomic mass is 15.2. The number of piperidine rings is 1. The summed E-state index contributed by atoms with van der Waals surface area (Å²) >= 11 is 0. The van der Waals surface area contributed by atoms with Crippen molar-refractivity contribution in [3.05, 3.63) is 0 Å². The zero-order valence-electron chi connectivity index (χ0n) is 10.7. The molecule has 2 unspecified atom stereocenters. The molecule has 1 saturated heterocycles. The maximum atomic E-state index is 5.84. The minimum Gasteiger partial charge on any atom is -0.328 e. The van der Waals surface area contributed by atoms with Crippen molar-refractivity contribution in [3.8, 4) is 0 Å². The molecule has 1 heterocycles. The SMILES string of the molecule is CC(N)CC(C)N1CCC(N(C)C)CC1. The molecule has 0 aliphatic carbocycles. The van der Waals surface area contributed by atoms with E-state index in [1.165, 1.54) is 25.9 Å². The van der Waals surface area contributed by atoms with Gasteiger partial charge in [0.05, 0.1) is 0 Å². The van der Waals surface area contributed by atoms with Crippen molar-refractivity contribution in [1.29, 1.82) is 0 Å². The van der Waals surface area contributed by atoms with E-state index in [1.54, 1.807) is 0 Å². The van der Waals surface area contributed by atoms with Crippen molar-refractivity contribution >= 4 is 0 Å². The third-order valence-electron chi connectivity index (χ3n) is 3.57. The quantitative estimate of drug-likeness (QED) is 0.760. The van der Waals surface area contributed by atoms with Crippen LogP contribution in [0.3, 0.4) is 0 Å². The van der Waals surface area contributed by atoms with Crippen molar-refractivity contribution in [2.24, 2.45) is 5.73 Å². The molecular formula is C12H27N3. The summed E-state index contributed by atoms with van der Waals surface area (Å²) in [6, 6.07) is 1.75. The molecular weight excluding hydrogens is 186 g/mol. The third-order valence-corrected chi connectivity index (χ3v) is 3.57. The average Bonchev–Trinajstić information content (AvgIpc) is 2.17. The van der Waals surface area contributed by atoms with Crippen LogP contribution >= 0.6 is 0 Å². The molecule has 0 aromatic rings. The molecule has 2 N–H and O–H groups in total. The lowest BCUT2D eigenvalue weighted by Gasteiger charge is -2.38. The monoisotopic (exact) mass is 213 g/mol. The lowest BCUT2D eigenvalue weighted by molar-refractivity contribution is 0.109. The van der Waals surface area contributed by atoms with Gasteiger partial charge in [0.2, 0.25) is 0 Å². The smallest absolute Gasteiger partial charge is 0.0113 e. The first-order valence-electron chi connectivity index (χ1n) is 6.16. The van der Waals surface area contributed by atoms with Crippen LogP contribution in [-0.2, 0) is 0 Å². The van der Waals surface area contributed by atoms with Crippen LogP contribution in [0.4, 0.5) is 0 Å². The molecule has 3 nitrogen and oxygen atoms in total. The van der Waals surface area contributed by atoms with Gasteiger partial charge in [-0.3, -0.25) is 0 Å². The summed E-state index contributed by atoms with van der Waals surface area (Å²) in [7, 11) is 4.37. The van der Waals surface area contributed by atoms with Gasteiger partial charge >= 0.3 is 0 Å². The minimum absolute atomic E-state index is 0.326. The van der Waals surface area contributed by atoms with Gasteiger partial charge in [-0.15, -0.1) is 0 Å². The number of nitrogens with zero attached hydrogens (tertiary/aromatic N) is 2. The van der Waals surface area contributed by atoms with Crippen molar-refractivity contribution in [3.63, 3.8) is 0 Å². The summed E-state index contributed by atoms with van der Waals surface area (Å²) in [5.74, 6) is 0. The fourth-order valence-corrected chi connectivity index (χ4v) is 2.53. The van der Waals surface area contributed by atoms with E-state index in [0.717, 1.165) is 12.5 Å². The average molecular weight is 213 g/mol. The Labute approximate surface area is 94.6 Å². The van der Waals surface area contributed by atoms with Crippen LogP contribution in [0.15, 0.2) is 0 Å². The van der Waals surface area contributed by atoms with Crippen molar-refractivity contribution in [2.45, 2.75) is 51.2 Å². The van der Waals surface area contributed by atoms with E-state index in [0.29, 0.717) is 12.1 Å². The van der Waals surface area contributed by atoms with Gasteiger partial charge in [0.25, 0.3) is 0 Å². The van der Waals surface area contributed by atoms with E-state index in [-0.39, 0.29) is 0 Å². The van der Waals surface area contributed by atoms with Crippen LogP contribution in [0, 0.1) is 0 Å². The summed E-state index contributed by atoms with van der Waals surface area (Å²) in [6.07, 6.45) is 3.72. The van der Waals surface area contributed by atoms with Crippen LogP contribution in [0.2, 0.25) is 0 Å². The molecule has 0 aromatic carbocycles. The zero-order chi connectivity index (χ0) is 11.4. The molecule has 1 fully saturated rings. The van der Waals surface area contributed by atoms with E-state index >= 15 is 0 Å². The first-order chi connectivity index (χ1) is 7.00. The Kier molecular flexibility index (Phi) is 5.03. The van der Waals surface area contributed by atoms with Gasteiger partial charge in [0.15, 0.2) is 0 Å². The Morgan fingerprint density at radius 1 is 1.27 bits per heavy atom. The van der Waals surface area contributed by atoms with Crippen LogP contribution in [0.5, 0.6) is 0 Å². The maximum absolute atomic E-state index is 5.84. The maximum Gasteiger partial charge on any atom is 0.0113 e. The molecule has 15 heavy (non-hydrogen) atoms. The molecule has 0 aromatic heterocycles. The molecule has 0 amide bonds. The summed E-state index contributed by atoms with van der Waals surface area (Å²) in [4.78, 5) is 4.94. The first kappa shape index (κ1) is 12.9. The molecule has 1 aliphatic rings. The third kappa shape index (κ3) is 4.09. The van der Waals surface area contributed by atoms with Crippen LogP contribution in [0.1, 0.15) is 33.1 Å². The van der Waals surface area contributed by atoms with E-state index < -0.39 is 0 Å². The van der Waals surface area contributed by atoms with Gasteiger partial charge in [0, 0.05) is 18.1 Å². The van der Waals surface area contributed by atoms with E-state index in [1.807, 2.05) is 0 Å². The number of rotatable bonds is 4. The second kappa shape index (κ2) is 5.83. The predicted octanol–water partition coefficient (Wildman–Crippen LogP) is 1.14. The standard InChI is InChI=1S/C12H27N3/c1-10(13)9-11(2)15-7-5-12(6-8-15)14(3)4/h10-12H,5-9,13H2,1-4H3. The Balaban J connectivity index is 2.30. The van der Waals surface area contributed by atoms with Gasteiger partial charge in [-0.05, 0) is 60.3 Å². The highest BCUT2D eigenvalue weighted by Gasteiger charge is 2.23. The zero-order valence-corrected chi connectivity index (χ0v) is 10.7. The van der Waals surface area contributed by atoms with E-state index in [9.17, 15) is 0 Å². The van der Waals surface area contributed by atoms with Crippen LogP contribution < -0.4 is 5.73 Å². The number of nitrogens with two attached hydrogens (primary N) is 1. The fraction of sp³-hybridized carbons (Fsp3) is 1.00. The van der Waals surface area contributed by atoms with Gasteiger partial charge in [0.1, 0.15) is 0 Å². The Bertz CT molecular complexity index is 172. The van der Waals surface area contributed by atoms with Crippen molar-refractivity contribution < 1.29 is 0 Å². The second-order valence-corrected chi connectivity index (χ2v) is 5.29. The van der Waals surface area contributed by atoms with Crippen molar-refractivity contribution in [2.75, 3.05) is 27.2 Å². The van der Waals surface area contributed by atoms with Gasteiger partial charge in [-0.2, -0.15) is 0 Å². The summed E-state index contributed by atoms with van der Waals surface area (Å²) < 4.78 is 0. The van der Waals surface area contributed by atoms with Gasteiger partial charge < -0.3 is 15.5 Å². The molecule has 3 heteroatoms. The molecule has 2 atom stereocenters. The largest absolute Gasteiger partial charge is 0.328 e. The second-order valence-electron chi connectivity index (χ2n) is 5.29. The van der Waals surface area contributed by atoms with E-state index in [4.69, 9.17) is 5.73 Å². The molecule has 90 valence electrons. The first-order valence-corrected chi connectivity index (χ1v) is 6.16. The lowest BCUT2D eigenvalue weighted by atomic mass is 10.0. The van der Waals surface area contributed by atoms with Crippen LogP contribution in [0.25, 0.3) is 0 Å². The number of hydrogen-bond acceptors (Lipinski definition) is 3. The Morgan fingerprint density at radius 2 is 1.80 bits per heavy atom. The van der Waals surface area contributed by atoms with Crippen LogP contribution in [-0.4, -0.2) is 55.1 Å². The highest BCUT2D eigenvalue weighted by Crippen LogP contribution is 2.17. The number of likely N-dealkylation sites (tertiary alicyclic amines) is 1. The topological polar surface area (TPSA) is 32.5 Å². The van der Waals surface area contributed by atoms with Gasteiger partial charge in [-0.1, -0.05) is 0 Å². The highest BCUT2D eigenvalue weighted by molar-refractivity contribution is 4.80.